The van der Waals surface area contributed by atoms with E-state index in [1.54, 1.807) is 6.20 Å². The van der Waals surface area contributed by atoms with Gasteiger partial charge in [0, 0.05) is 43.9 Å². The number of thioether (sulfide) groups is 1. The average molecular weight is 298 g/mol. The van der Waals surface area contributed by atoms with E-state index in [9.17, 15) is 4.79 Å². The van der Waals surface area contributed by atoms with E-state index in [0.29, 0.717) is 10.9 Å². The van der Waals surface area contributed by atoms with E-state index >= 15 is 0 Å². The number of halogens is 1. The molecule has 6 heteroatoms. The molecule has 1 amide bonds. The first-order valence-electron chi connectivity index (χ1n) is 6.47. The molecule has 0 N–H and O–H groups in total. The average Bonchev–Trinajstić information content (AvgIpc) is 2.40. The van der Waals surface area contributed by atoms with Crippen molar-refractivity contribution in [3.63, 3.8) is 0 Å². The molecule has 0 unspecified atom stereocenters. The minimum atomic E-state index is 0.139. The van der Waals surface area contributed by atoms with Gasteiger partial charge in [-0.05, 0) is 12.1 Å². The summed E-state index contributed by atoms with van der Waals surface area (Å²) in [5.74, 6) is 3.50. The van der Waals surface area contributed by atoms with Gasteiger partial charge < -0.3 is 9.80 Å². The molecule has 19 heavy (non-hydrogen) atoms. The van der Waals surface area contributed by atoms with Gasteiger partial charge in [-0.1, -0.05) is 11.6 Å². The highest BCUT2D eigenvalue weighted by molar-refractivity contribution is 7.99. The first-order chi connectivity index (χ1) is 9.24. The van der Waals surface area contributed by atoms with Crippen molar-refractivity contribution in [2.24, 2.45) is 5.92 Å². The summed E-state index contributed by atoms with van der Waals surface area (Å²) >= 11 is 7.74. The third kappa shape index (κ3) is 2.82. The zero-order valence-electron chi connectivity index (χ0n) is 10.6. The number of amides is 1. The molecule has 0 spiro atoms. The first-order valence-corrected chi connectivity index (χ1v) is 8.00. The molecule has 0 atom stereocenters. The standard InChI is InChI=1S/C13H16ClN3OS/c14-11-1-2-12(15-7-11)17-8-10(9-17)13(18)16-3-5-19-6-4-16/h1-2,7,10H,3-6,8-9H2. The highest BCUT2D eigenvalue weighted by atomic mass is 35.5. The molecule has 1 aromatic heterocycles. The monoisotopic (exact) mass is 297 g/mol. The Hall–Kier alpha value is -0.940. The quantitative estimate of drug-likeness (QED) is 0.833. The van der Waals surface area contributed by atoms with Crippen LogP contribution in [0.15, 0.2) is 18.3 Å². The minimum absolute atomic E-state index is 0.139. The summed E-state index contributed by atoms with van der Waals surface area (Å²) in [6.45, 7) is 3.35. The predicted molar refractivity (Wildman–Crippen MR) is 78.9 cm³/mol. The normalized spacial score (nSPS) is 20.3. The molecule has 3 rings (SSSR count). The SMILES string of the molecule is O=C(C1CN(c2ccc(Cl)cn2)C1)N1CCSCC1. The fourth-order valence-electron chi connectivity index (χ4n) is 2.42. The van der Waals surface area contributed by atoms with Crippen molar-refractivity contribution in [2.75, 3.05) is 42.6 Å². The van der Waals surface area contributed by atoms with Crippen LogP contribution in [-0.2, 0) is 4.79 Å². The van der Waals surface area contributed by atoms with Crippen LogP contribution in [0, 0.1) is 5.92 Å². The molecule has 4 nitrogen and oxygen atoms in total. The number of rotatable bonds is 2. The predicted octanol–water partition coefficient (Wildman–Crippen LogP) is 1.75. The van der Waals surface area contributed by atoms with Crippen molar-refractivity contribution in [3.05, 3.63) is 23.4 Å². The molecule has 2 fully saturated rings. The number of anilines is 1. The van der Waals surface area contributed by atoms with Crippen LogP contribution >= 0.6 is 23.4 Å². The van der Waals surface area contributed by atoms with Gasteiger partial charge >= 0.3 is 0 Å². The van der Waals surface area contributed by atoms with Crippen molar-refractivity contribution >= 4 is 35.1 Å². The van der Waals surface area contributed by atoms with Crippen LogP contribution in [0.2, 0.25) is 5.02 Å². The molecule has 0 aliphatic carbocycles. The smallest absolute Gasteiger partial charge is 0.229 e. The van der Waals surface area contributed by atoms with Gasteiger partial charge in [-0.3, -0.25) is 4.79 Å². The summed E-state index contributed by atoms with van der Waals surface area (Å²) in [4.78, 5) is 20.7. The molecule has 102 valence electrons. The second-order valence-corrected chi connectivity index (χ2v) is 6.54. The molecule has 2 aliphatic heterocycles. The van der Waals surface area contributed by atoms with E-state index in [0.717, 1.165) is 43.5 Å². The summed E-state index contributed by atoms with van der Waals surface area (Å²) < 4.78 is 0. The lowest BCUT2D eigenvalue weighted by molar-refractivity contribution is -0.135. The Morgan fingerprint density at radius 1 is 1.32 bits per heavy atom. The van der Waals surface area contributed by atoms with Crippen LogP contribution in [0.25, 0.3) is 0 Å². The van der Waals surface area contributed by atoms with E-state index in [1.807, 2.05) is 28.8 Å². The topological polar surface area (TPSA) is 36.4 Å². The van der Waals surface area contributed by atoms with E-state index in [1.165, 1.54) is 0 Å². The molecular weight excluding hydrogens is 282 g/mol. The molecule has 1 aromatic rings. The highest BCUT2D eigenvalue weighted by Crippen LogP contribution is 2.25. The number of hydrogen-bond donors (Lipinski definition) is 0. The Labute approximate surface area is 122 Å². The fourth-order valence-corrected chi connectivity index (χ4v) is 3.43. The van der Waals surface area contributed by atoms with Gasteiger partial charge in [-0.15, -0.1) is 0 Å². The van der Waals surface area contributed by atoms with Crippen molar-refractivity contribution in [2.45, 2.75) is 0 Å². The number of aromatic nitrogens is 1. The van der Waals surface area contributed by atoms with Gasteiger partial charge in [0.1, 0.15) is 5.82 Å². The van der Waals surface area contributed by atoms with Gasteiger partial charge in [0.15, 0.2) is 0 Å². The van der Waals surface area contributed by atoms with Crippen LogP contribution < -0.4 is 4.90 Å². The Morgan fingerprint density at radius 3 is 2.68 bits per heavy atom. The molecule has 0 aromatic carbocycles. The summed E-state index contributed by atoms with van der Waals surface area (Å²) in [5.41, 5.74) is 0. The van der Waals surface area contributed by atoms with Gasteiger partial charge in [0.05, 0.1) is 10.9 Å². The maximum absolute atomic E-state index is 12.3. The van der Waals surface area contributed by atoms with Gasteiger partial charge in [0.2, 0.25) is 5.91 Å². The number of nitrogens with zero attached hydrogens (tertiary/aromatic N) is 3. The second-order valence-electron chi connectivity index (χ2n) is 4.87. The lowest BCUT2D eigenvalue weighted by Crippen LogP contribution is -2.56. The molecule has 0 bridgehead atoms. The zero-order chi connectivity index (χ0) is 13.2. The van der Waals surface area contributed by atoms with Crippen molar-refractivity contribution in [1.82, 2.24) is 9.88 Å². The third-order valence-corrected chi connectivity index (χ3v) is 4.76. The van der Waals surface area contributed by atoms with Gasteiger partial charge in [-0.25, -0.2) is 4.98 Å². The number of carbonyl (C=O) groups is 1. The van der Waals surface area contributed by atoms with Crippen molar-refractivity contribution < 1.29 is 4.79 Å². The second kappa shape index (κ2) is 5.59. The third-order valence-electron chi connectivity index (χ3n) is 3.59. The molecule has 0 radical (unpaired) electrons. The van der Waals surface area contributed by atoms with Crippen LogP contribution in [-0.4, -0.2) is 53.5 Å². The van der Waals surface area contributed by atoms with E-state index in [4.69, 9.17) is 11.6 Å². The maximum atomic E-state index is 12.3. The number of carbonyl (C=O) groups excluding carboxylic acids is 1. The van der Waals surface area contributed by atoms with E-state index in [-0.39, 0.29) is 5.92 Å². The molecule has 3 heterocycles. The Balaban J connectivity index is 1.54. The van der Waals surface area contributed by atoms with Crippen LogP contribution in [0.4, 0.5) is 5.82 Å². The summed E-state index contributed by atoms with van der Waals surface area (Å²) in [6.07, 6.45) is 1.65. The largest absolute Gasteiger partial charge is 0.355 e. The molecule has 2 saturated heterocycles. The Bertz CT molecular complexity index is 455. The number of pyridine rings is 1. The van der Waals surface area contributed by atoms with Crippen LogP contribution in [0.3, 0.4) is 0 Å². The highest BCUT2D eigenvalue weighted by Gasteiger charge is 2.36. The lowest BCUT2D eigenvalue weighted by atomic mass is 9.98. The molecule has 0 saturated carbocycles. The van der Waals surface area contributed by atoms with Crippen LogP contribution in [0.5, 0.6) is 0 Å². The maximum Gasteiger partial charge on any atom is 0.229 e. The van der Waals surface area contributed by atoms with Gasteiger partial charge in [-0.2, -0.15) is 11.8 Å². The van der Waals surface area contributed by atoms with Gasteiger partial charge in [0.25, 0.3) is 0 Å². The lowest BCUT2D eigenvalue weighted by Gasteiger charge is -2.42. The Morgan fingerprint density at radius 2 is 2.05 bits per heavy atom. The van der Waals surface area contributed by atoms with E-state index in [2.05, 4.69) is 9.88 Å². The number of hydrogen-bond acceptors (Lipinski definition) is 4. The summed E-state index contributed by atoms with van der Waals surface area (Å²) in [5, 5.41) is 0.641. The summed E-state index contributed by atoms with van der Waals surface area (Å²) in [7, 11) is 0. The van der Waals surface area contributed by atoms with Crippen molar-refractivity contribution in [1.29, 1.82) is 0 Å². The molecule has 2 aliphatic rings. The van der Waals surface area contributed by atoms with Crippen molar-refractivity contribution in [3.8, 4) is 0 Å². The summed E-state index contributed by atoms with van der Waals surface area (Å²) in [6, 6.07) is 3.74. The van der Waals surface area contributed by atoms with E-state index < -0.39 is 0 Å². The minimum Gasteiger partial charge on any atom is -0.355 e. The zero-order valence-corrected chi connectivity index (χ0v) is 12.2. The fraction of sp³-hybridized carbons (Fsp3) is 0.538. The van der Waals surface area contributed by atoms with Crippen LogP contribution in [0.1, 0.15) is 0 Å². The first kappa shape index (κ1) is 13.1. The molecular formula is C13H16ClN3OS. The Kier molecular flexibility index (Phi) is 3.84.